The van der Waals surface area contributed by atoms with Crippen molar-refractivity contribution in [3.8, 4) is 5.75 Å². The first-order valence-electron chi connectivity index (χ1n) is 11.4. The van der Waals surface area contributed by atoms with Crippen molar-refractivity contribution in [2.45, 2.75) is 45.2 Å². The maximum Gasteiger partial charge on any atom is 0.294 e. The fraction of sp³-hybridized carbons (Fsp3) is 0.370. The van der Waals surface area contributed by atoms with Crippen LogP contribution < -0.4 is 9.64 Å². The molecule has 32 heavy (non-hydrogen) atoms. The van der Waals surface area contributed by atoms with Crippen molar-refractivity contribution < 1.29 is 13.9 Å². The Morgan fingerprint density at radius 1 is 1.09 bits per heavy atom. The predicted molar refractivity (Wildman–Crippen MR) is 127 cm³/mol. The van der Waals surface area contributed by atoms with Gasteiger partial charge in [-0.25, -0.2) is 0 Å². The molecule has 0 bridgehead atoms. The molecule has 2 heterocycles. The summed E-state index contributed by atoms with van der Waals surface area (Å²) >= 11 is 0. The molecule has 0 aliphatic carbocycles. The first-order valence-corrected chi connectivity index (χ1v) is 11.4. The molecule has 1 aliphatic rings. The van der Waals surface area contributed by atoms with Crippen LogP contribution in [0.3, 0.4) is 0 Å². The summed E-state index contributed by atoms with van der Waals surface area (Å²) in [7, 11) is 1.64. The summed E-state index contributed by atoms with van der Waals surface area (Å²) in [6.07, 6.45) is 3.37. The van der Waals surface area contributed by atoms with Gasteiger partial charge in [-0.15, -0.1) is 0 Å². The van der Waals surface area contributed by atoms with E-state index in [9.17, 15) is 4.79 Å². The van der Waals surface area contributed by atoms with E-state index in [2.05, 4.69) is 43.0 Å². The van der Waals surface area contributed by atoms with E-state index >= 15 is 0 Å². The Bertz CT molecular complexity index is 1000. The summed E-state index contributed by atoms with van der Waals surface area (Å²) < 4.78 is 10.8. The molecule has 3 aromatic rings. The molecular formula is C27H32N2O3. The lowest BCUT2D eigenvalue weighted by atomic mass is 9.99. The summed E-state index contributed by atoms with van der Waals surface area (Å²) in [5, 5.41) is 0. The highest BCUT2D eigenvalue weighted by atomic mass is 16.5. The Morgan fingerprint density at radius 2 is 1.84 bits per heavy atom. The van der Waals surface area contributed by atoms with Gasteiger partial charge in [0.05, 0.1) is 13.4 Å². The van der Waals surface area contributed by atoms with Gasteiger partial charge in [-0.2, -0.15) is 0 Å². The Labute approximate surface area is 190 Å². The third kappa shape index (κ3) is 5.05. The number of carbonyl (C=O) groups is 1. The lowest BCUT2D eigenvalue weighted by Gasteiger charge is -2.38. The van der Waals surface area contributed by atoms with Crippen LogP contribution in [-0.2, 0) is 6.54 Å². The van der Waals surface area contributed by atoms with Gasteiger partial charge >= 0.3 is 0 Å². The van der Waals surface area contributed by atoms with E-state index in [-0.39, 0.29) is 11.9 Å². The fourth-order valence-electron chi connectivity index (χ4n) is 4.37. The number of carbonyl (C=O) groups excluding carboxylic acids is 1. The maximum absolute atomic E-state index is 13.3. The second-order valence-corrected chi connectivity index (χ2v) is 8.76. The van der Waals surface area contributed by atoms with E-state index in [4.69, 9.17) is 9.15 Å². The molecule has 1 amide bonds. The lowest BCUT2D eigenvalue weighted by Crippen LogP contribution is -2.47. The van der Waals surface area contributed by atoms with E-state index in [0.29, 0.717) is 11.7 Å². The SMILES string of the molecule is COc1cccc(N(C(=O)c2ccco2)C2CCN(Cc3ccc(C(C)C)cc3)CC2)c1. The van der Waals surface area contributed by atoms with Gasteiger partial charge in [0, 0.05) is 37.4 Å². The van der Waals surface area contributed by atoms with E-state index in [1.165, 1.54) is 11.1 Å². The summed E-state index contributed by atoms with van der Waals surface area (Å²) in [4.78, 5) is 17.7. The number of hydrogen-bond acceptors (Lipinski definition) is 4. The maximum atomic E-state index is 13.3. The number of ether oxygens (including phenoxy) is 1. The van der Waals surface area contributed by atoms with Crippen LogP contribution in [0.15, 0.2) is 71.3 Å². The Morgan fingerprint density at radius 3 is 2.47 bits per heavy atom. The average Bonchev–Trinajstić information content (AvgIpc) is 3.36. The molecule has 0 radical (unpaired) electrons. The van der Waals surface area contributed by atoms with Crippen LogP contribution in [0.4, 0.5) is 5.69 Å². The van der Waals surface area contributed by atoms with Crippen molar-refractivity contribution in [3.05, 3.63) is 83.8 Å². The second kappa shape index (κ2) is 10.0. The van der Waals surface area contributed by atoms with E-state index in [1.54, 1.807) is 25.5 Å². The predicted octanol–water partition coefficient (Wildman–Crippen LogP) is 5.72. The zero-order valence-electron chi connectivity index (χ0n) is 19.2. The molecule has 1 aromatic heterocycles. The van der Waals surface area contributed by atoms with Crippen LogP contribution in [-0.4, -0.2) is 37.0 Å². The number of anilines is 1. The molecule has 1 aliphatic heterocycles. The normalized spacial score (nSPS) is 15.1. The molecular weight excluding hydrogens is 400 g/mol. The second-order valence-electron chi connectivity index (χ2n) is 8.76. The number of hydrogen-bond donors (Lipinski definition) is 0. The van der Waals surface area contributed by atoms with Gasteiger partial charge in [0.25, 0.3) is 5.91 Å². The van der Waals surface area contributed by atoms with Crippen molar-refractivity contribution in [1.29, 1.82) is 0 Å². The van der Waals surface area contributed by atoms with Crippen LogP contribution >= 0.6 is 0 Å². The number of rotatable bonds is 7. The number of piperidine rings is 1. The minimum atomic E-state index is -0.106. The summed E-state index contributed by atoms with van der Waals surface area (Å²) in [5.41, 5.74) is 3.55. The Hall–Kier alpha value is -3.05. The number of likely N-dealkylation sites (tertiary alicyclic amines) is 1. The Balaban J connectivity index is 1.47. The minimum Gasteiger partial charge on any atom is -0.497 e. The first kappa shape index (κ1) is 22.2. The van der Waals surface area contributed by atoms with Crippen LogP contribution in [0.25, 0.3) is 0 Å². The molecule has 5 heteroatoms. The van der Waals surface area contributed by atoms with Crippen LogP contribution in [0, 0.1) is 0 Å². The monoisotopic (exact) mass is 432 g/mol. The van der Waals surface area contributed by atoms with Gasteiger partial charge in [0.2, 0.25) is 0 Å². The molecule has 0 unspecified atom stereocenters. The third-order valence-electron chi connectivity index (χ3n) is 6.26. The number of methoxy groups -OCH3 is 1. The van der Waals surface area contributed by atoms with E-state index < -0.39 is 0 Å². The smallest absolute Gasteiger partial charge is 0.294 e. The summed E-state index contributed by atoms with van der Waals surface area (Å²) in [5.74, 6) is 1.54. The van der Waals surface area contributed by atoms with Crippen molar-refractivity contribution in [3.63, 3.8) is 0 Å². The quantitative estimate of drug-likeness (QED) is 0.479. The number of nitrogens with zero attached hydrogens (tertiary/aromatic N) is 2. The van der Waals surface area contributed by atoms with Gasteiger partial charge in [-0.05, 0) is 54.2 Å². The number of amides is 1. The third-order valence-corrected chi connectivity index (χ3v) is 6.26. The number of benzene rings is 2. The van der Waals surface area contributed by atoms with Crippen LogP contribution in [0.5, 0.6) is 5.75 Å². The van der Waals surface area contributed by atoms with E-state index in [0.717, 1.165) is 43.9 Å². The molecule has 1 fully saturated rings. The van der Waals surface area contributed by atoms with Gasteiger partial charge in [0.15, 0.2) is 5.76 Å². The molecule has 5 nitrogen and oxygen atoms in total. The van der Waals surface area contributed by atoms with Crippen LogP contribution in [0.2, 0.25) is 0 Å². The summed E-state index contributed by atoms with van der Waals surface area (Å²) in [6, 6.07) is 20.2. The first-order chi connectivity index (χ1) is 15.5. The highest BCUT2D eigenvalue weighted by Crippen LogP contribution is 2.29. The van der Waals surface area contributed by atoms with Gasteiger partial charge in [-0.1, -0.05) is 44.2 Å². The van der Waals surface area contributed by atoms with Gasteiger partial charge in [0.1, 0.15) is 5.75 Å². The van der Waals surface area contributed by atoms with Crippen molar-refractivity contribution in [2.75, 3.05) is 25.1 Å². The topological polar surface area (TPSA) is 45.9 Å². The molecule has 0 spiro atoms. The van der Waals surface area contributed by atoms with Crippen molar-refractivity contribution >= 4 is 11.6 Å². The standard InChI is InChI=1S/C27H32N2O3/c1-20(2)22-11-9-21(10-12-22)19-28-15-13-23(14-16-28)29(27(30)26-8-5-17-32-26)24-6-4-7-25(18-24)31-3/h4-12,17-18,20,23H,13-16,19H2,1-3H3. The molecule has 0 atom stereocenters. The minimum absolute atomic E-state index is 0.106. The highest BCUT2D eigenvalue weighted by molar-refractivity contribution is 6.04. The zero-order chi connectivity index (χ0) is 22.5. The van der Waals surface area contributed by atoms with Crippen LogP contribution in [0.1, 0.15) is 54.3 Å². The summed E-state index contributed by atoms with van der Waals surface area (Å²) in [6.45, 7) is 7.27. The molecule has 0 saturated carbocycles. The Kier molecular flexibility index (Phi) is 6.96. The van der Waals surface area contributed by atoms with Crippen molar-refractivity contribution in [1.82, 2.24) is 4.90 Å². The zero-order valence-corrected chi connectivity index (χ0v) is 19.2. The molecule has 2 aromatic carbocycles. The van der Waals surface area contributed by atoms with E-state index in [1.807, 2.05) is 29.2 Å². The molecule has 0 N–H and O–H groups in total. The average molecular weight is 433 g/mol. The fourth-order valence-corrected chi connectivity index (χ4v) is 4.37. The van der Waals surface area contributed by atoms with Crippen molar-refractivity contribution in [2.24, 2.45) is 0 Å². The lowest BCUT2D eigenvalue weighted by molar-refractivity contribution is 0.0931. The molecule has 4 rings (SSSR count). The largest absolute Gasteiger partial charge is 0.497 e. The highest BCUT2D eigenvalue weighted by Gasteiger charge is 2.31. The van der Waals surface area contributed by atoms with Gasteiger partial charge in [-0.3, -0.25) is 9.69 Å². The molecule has 1 saturated heterocycles. The number of furan rings is 1. The molecule has 168 valence electrons. The van der Waals surface area contributed by atoms with Gasteiger partial charge < -0.3 is 14.1 Å².